The van der Waals surface area contributed by atoms with E-state index in [1.54, 1.807) is 41.3 Å². The first-order valence-electron chi connectivity index (χ1n) is 7.19. The molecule has 1 saturated carbocycles. The molecule has 2 aromatic rings. The Kier molecular flexibility index (Phi) is 3.87. The summed E-state index contributed by atoms with van der Waals surface area (Å²) in [5, 5.41) is 10.4. The summed E-state index contributed by atoms with van der Waals surface area (Å²) in [6.07, 6.45) is 3.58. The highest BCUT2D eigenvalue weighted by atomic mass is 19.3. The molecule has 1 aliphatic rings. The molecule has 0 spiro atoms. The molecule has 0 atom stereocenters. The minimum atomic E-state index is -2.58. The third-order valence-corrected chi connectivity index (χ3v) is 3.87. The van der Waals surface area contributed by atoms with Gasteiger partial charge in [-0.05, 0) is 37.1 Å². The second-order valence-electron chi connectivity index (χ2n) is 5.50. The van der Waals surface area contributed by atoms with E-state index in [1.165, 1.54) is 0 Å². The molecule has 0 unspecified atom stereocenters. The second kappa shape index (κ2) is 5.82. The Balaban J connectivity index is 1.61. The lowest BCUT2D eigenvalue weighted by molar-refractivity contribution is -0.0399. The van der Waals surface area contributed by atoms with Gasteiger partial charge < -0.3 is 5.32 Å². The Morgan fingerprint density at radius 3 is 2.50 bits per heavy atom. The topological polar surface area (TPSA) is 59.8 Å². The fourth-order valence-corrected chi connectivity index (χ4v) is 2.56. The number of amides is 1. The van der Waals surface area contributed by atoms with E-state index in [0.29, 0.717) is 18.4 Å². The van der Waals surface area contributed by atoms with Gasteiger partial charge in [0.25, 0.3) is 5.91 Å². The molecule has 0 radical (unpaired) electrons. The molecule has 1 aliphatic carbocycles. The van der Waals surface area contributed by atoms with Crippen molar-refractivity contribution >= 4 is 5.91 Å². The first-order valence-corrected chi connectivity index (χ1v) is 7.19. The van der Waals surface area contributed by atoms with E-state index in [4.69, 9.17) is 0 Å². The van der Waals surface area contributed by atoms with Crippen LogP contribution in [0.2, 0.25) is 0 Å². The molecule has 0 aliphatic heterocycles. The van der Waals surface area contributed by atoms with Crippen molar-refractivity contribution in [1.82, 2.24) is 20.3 Å². The van der Waals surface area contributed by atoms with Crippen molar-refractivity contribution in [2.24, 2.45) is 0 Å². The van der Waals surface area contributed by atoms with Gasteiger partial charge in [0.2, 0.25) is 5.92 Å². The highest BCUT2D eigenvalue weighted by molar-refractivity contribution is 5.94. The van der Waals surface area contributed by atoms with E-state index >= 15 is 0 Å². The molecule has 116 valence electrons. The lowest BCUT2D eigenvalue weighted by Gasteiger charge is -2.28. The minimum absolute atomic E-state index is 0.164. The molecule has 3 rings (SSSR count). The van der Waals surface area contributed by atoms with E-state index in [9.17, 15) is 13.6 Å². The fourth-order valence-electron chi connectivity index (χ4n) is 2.56. The van der Waals surface area contributed by atoms with Crippen LogP contribution in [-0.4, -0.2) is 32.9 Å². The molecule has 1 aromatic heterocycles. The number of halogens is 2. The molecular weight excluding hydrogens is 290 g/mol. The zero-order chi connectivity index (χ0) is 15.6. The molecule has 0 bridgehead atoms. The standard InChI is InChI=1S/C15H16F2N4O/c16-15(17)7-5-12(6-8-15)19-14(22)11-1-3-13(4-2-11)21-10-9-18-20-21/h1-4,9-10,12H,5-8H2,(H,19,22). The highest BCUT2D eigenvalue weighted by Crippen LogP contribution is 2.33. The van der Waals surface area contributed by atoms with Crippen molar-refractivity contribution in [2.75, 3.05) is 0 Å². The van der Waals surface area contributed by atoms with Crippen LogP contribution in [0.3, 0.4) is 0 Å². The molecular formula is C15H16F2N4O. The molecule has 1 aromatic carbocycles. The predicted molar refractivity (Wildman–Crippen MR) is 76.0 cm³/mol. The summed E-state index contributed by atoms with van der Waals surface area (Å²) in [5.74, 6) is -2.82. The predicted octanol–water partition coefficient (Wildman–Crippen LogP) is 2.58. The monoisotopic (exact) mass is 306 g/mol. The van der Waals surface area contributed by atoms with Crippen molar-refractivity contribution in [1.29, 1.82) is 0 Å². The van der Waals surface area contributed by atoms with Gasteiger partial charge in [0, 0.05) is 24.4 Å². The fraction of sp³-hybridized carbons (Fsp3) is 0.400. The van der Waals surface area contributed by atoms with E-state index in [-0.39, 0.29) is 24.8 Å². The first-order chi connectivity index (χ1) is 10.5. The van der Waals surface area contributed by atoms with Gasteiger partial charge in [0.15, 0.2) is 0 Å². The van der Waals surface area contributed by atoms with Crippen molar-refractivity contribution in [3.8, 4) is 5.69 Å². The Hall–Kier alpha value is -2.31. The van der Waals surface area contributed by atoms with Crippen LogP contribution in [0.4, 0.5) is 8.78 Å². The smallest absolute Gasteiger partial charge is 0.251 e. The third kappa shape index (κ3) is 3.29. The summed E-state index contributed by atoms with van der Waals surface area (Å²) >= 11 is 0. The highest BCUT2D eigenvalue weighted by Gasteiger charge is 2.35. The zero-order valence-electron chi connectivity index (χ0n) is 11.9. The molecule has 1 heterocycles. The quantitative estimate of drug-likeness (QED) is 0.948. The number of nitrogens with one attached hydrogen (secondary N) is 1. The van der Waals surface area contributed by atoms with Gasteiger partial charge in [0.05, 0.1) is 18.1 Å². The molecule has 22 heavy (non-hydrogen) atoms. The number of hydrogen-bond acceptors (Lipinski definition) is 3. The van der Waals surface area contributed by atoms with Gasteiger partial charge in [0.1, 0.15) is 0 Å². The summed E-state index contributed by atoms with van der Waals surface area (Å²) in [6.45, 7) is 0. The van der Waals surface area contributed by atoms with Gasteiger partial charge >= 0.3 is 0 Å². The van der Waals surface area contributed by atoms with Gasteiger partial charge in [-0.15, -0.1) is 5.10 Å². The van der Waals surface area contributed by atoms with Crippen LogP contribution >= 0.6 is 0 Å². The Morgan fingerprint density at radius 1 is 1.23 bits per heavy atom. The summed E-state index contributed by atoms with van der Waals surface area (Å²) in [6, 6.07) is 6.72. The van der Waals surface area contributed by atoms with Gasteiger partial charge in [-0.2, -0.15) is 0 Å². The summed E-state index contributed by atoms with van der Waals surface area (Å²) in [7, 11) is 0. The van der Waals surface area contributed by atoms with Crippen LogP contribution in [0.15, 0.2) is 36.7 Å². The third-order valence-electron chi connectivity index (χ3n) is 3.87. The normalized spacial score (nSPS) is 18.1. The number of hydrogen-bond donors (Lipinski definition) is 1. The molecule has 7 heteroatoms. The number of alkyl halides is 2. The second-order valence-corrected chi connectivity index (χ2v) is 5.50. The molecule has 1 N–H and O–H groups in total. The lowest BCUT2D eigenvalue weighted by atomic mass is 9.92. The number of carbonyl (C=O) groups is 1. The van der Waals surface area contributed by atoms with Crippen molar-refractivity contribution in [3.05, 3.63) is 42.2 Å². The van der Waals surface area contributed by atoms with Crippen molar-refractivity contribution in [3.63, 3.8) is 0 Å². The van der Waals surface area contributed by atoms with E-state index in [1.807, 2.05) is 0 Å². The number of carbonyl (C=O) groups excluding carboxylic acids is 1. The van der Waals surface area contributed by atoms with Crippen molar-refractivity contribution in [2.45, 2.75) is 37.6 Å². The molecule has 5 nitrogen and oxygen atoms in total. The SMILES string of the molecule is O=C(NC1CCC(F)(F)CC1)c1ccc(-n2ccnn2)cc1. The minimum Gasteiger partial charge on any atom is -0.349 e. The summed E-state index contributed by atoms with van der Waals surface area (Å²) in [5.41, 5.74) is 1.30. The maximum Gasteiger partial charge on any atom is 0.251 e. The maximum atomic E-state index is 13.1. The maximum absolute atomic E-state index is 13.1. The average molecular weight is 306 g/mol. The average Bonchev–Trinajstić information content (AvgIpc) is 3.04. The Morgan fingerprint density at radius 2 is 1.91 bits per heavy atom. The van der Waals surface area contributed by atoms with Crippen LogP contribution in [0.25, 0.3) is 5.69 Å². The Bertz CT molecular complexity index is 630. The molecule has 0 saturated heterocycles. The number of nitrogens with zero attached hydrogens (tertiary/aromatic N) is 3. The molecule has 1 fully saturated rings. The van der Waals surface area contributed by atoms with Gasteiger partial charge in [-0.1, -0.05) is 5.21 Å². The number of aromatic nitrogens is 3. The van der Waals surface area contributed by atoms with Crippen LogP contribution in [0, 0.1) is 0 Å². The summed E-state index contributed by atoms with van der Waals surface area (Å²) < 4.78 is 27.8. The van der Waals surface area contributed by atoms with Crippen LogP contribution in [0.5, 0.6) is 0 Å². The van der Waals surface area contributed by atoms with Crippen LogP contribution < -0.4 is 5.32 Å². The molecule has 1 amide bonds. The van der Waals surface area contributed by atoms with Crippen LogP contribution in [-0.2, 0) is 0 Å². The van der Waals surface area contributed by atoms with E-state index in [0.717, 1.165) is 5.69 Å². The first kappa shape index (κ1) is 14.6. The van der Waals surface area contributed by atoms with Crippen molar-refractivity contribution < 1.29 is 13.6 Å². The number of benzene rings is 1. The zero-order valence-corrected chi connectivity index (χ0v) is 11.9. The number of rotatable bonds is 3. The largest absolute Gasteiger partial charge is 0.349 e. The Labute approximate surface area is 126 Å². The van der Waals surface area contributed by atoms with E-state index in [2.05, 4.69) is 15.6 Å². The van der Waals surface area contributed by atoms with Gasteiger partial charge in [-0.3, -0.25) is 4.79 Å². The summed E-state index contributed by atoms with van der Waals surface area (Å²) in [4.78, 5) is 12.1. The lowest BCUT2D eigenvalue weighted by Crippen LogP contribution is -2.40. The van der Waals surface area contributed by atoms with E-state index < -0.39 is 5.92 Å². The van der Waals surface area contributed by atoms with Gasteiger partial charge in [-0.25, -0.2) is 13.5 Å². The van der Waals surface area contributed by atoms with Crippen LogP contribution in [0.1, 0.15) is 36.0 Å².